The molecule has 5 heterocycles. The van der Waals surface area contributed by atoms with Gasteiger partial charge in [0.2, 0.25) is 0 Å². The number of ether oxygens (including phenoxy) is 1. The van der Waals surface area contributed by atoms with E-state index in [0.29, 0.717) is 11.6 Å². The number of hydrogen-bond acceptors (Lipinski definition) is 4. The molecule has 0 fully saturated rings. The maximum Gasteiger partial charge on any atom is 0.289 e. The van der Waals surface area contributed by atoms with Crippen LogP contribution in [0.5, 0.6) is 11.5 Å². The van der Waals surface area contributed by atoms with Crippen LogP contribution >= 0.6 is 11.6 Å². The van der Waals surface area contributed by atoms with Crippen LogP contribution in [0.1, 0.15) is 35.6 Å². The molecule has 0 spiro atoms. The maximum atomic E-state index is 10.1. The molecule has 0 bridgehead atoms. The minimum absolute atomic E-state index is 0.204. The highest BCUT2D eigenvalue weighted by molar-refractivity contribution is 8.28. The molecule has 3 aromatic heterocycles. The second-order valence-electron chi connectivity index (χ2n) is 12.3. The summed E-state index contributed by atoms with van der Waals surface area (Å²) in [6, 6.07) is -19.5. The molecule has 0 radical (unpaired) electrons. The van der Waals surface area contributed by atoms with Crippen molar-refractivity contribution in [3.05, 3.63) is 157 Å². The van der Waals surface area contributed by atoms with Crippen molar-refractivity contribution in [2.24, 2.45) is 0 Å². The fourth-order valence-corrected chi connectivity index (χ4v) is 8.54. The summed E-state index contributed by atoms with van der Waals surface area (Å²) in [5.74, 6) is -2.67. The van der Waals surface area contributed by atoms with Gasteiger partial charge in [-0.05, 0) is 94.1 Å². The maximum absolute atomic E-state index is 10.1. The van der Waals surface area contributed by atoms with Crippen molar-refractivity contribution in [3.63, 3.8) is 0 Å². The summed E-state index contributed by atoms with van der Waals surface area (Å²) in [5, 5.41) is -2.07. The molecule has 0 amide bonds. The molecule has 11 aromatic rings. The van der Waals surface area contributed by atoms with Crippen LogP contribution in [-0.2, 0) is 0 Å². The van der Waals surface area contributed by atoms with Gasteiger partial charge in [-0.1, -0.05) is 90.6 Å². The minimum Gasteiger partial charge on any atom is -0.458 e. The lowest BCUT2D eigenvalue weighted by Crippen LogP contribution is -2.46. The molecule has 54 heavy (non-hydrogen) atoms. The normalized spacial score (nSPS) is 20.0. The second-order valence-corrected chi connectivity index (χ2v) is 13.4. The van der Waals surface area contributed by atoms with E-state index in [1.165, 1.54) is 0 Å². The van der Waals surface area contributed by atoms with Gasteiger partial charge < -0.3 is 18.1 Å². The lowest BCUT2D eigenvalue weighted by atomic mass is 9.57. The number of para-hydroxylation sites is 4. The number of furan rings is 2. The molecule has 2 aliphatic heterocycles. The van der Waals surface area contributed by atoms with E-state index in [2.05, 4.69) is 0 Å². The molecule has 0 unspecified atom stereocenters. The van der Waals surface area contributed by atoms with Crippen LogP contribution in [0.15, 0.2) is 171 Å². The highest BCUT2D eigenvalue weighted by atomic mass is 32.2. The van der Waals surface area contributed by atoms with Crippen LogP contribution < -0.4 is 15.7 Å². The Hall–Kier alpha value is -6.63. The summed E-state index contributed by atoms with van der Waals surface area (Å²) in [6.45, 7) is 0. The molecule has 250 valence electrons. The van der Waals surface area contributed by atoms with Crippen molar-refractivity contribution >= 4 is 94.2 Å². The first-order valence-electron chi connectivity index (χ1n) is 29.2. The van der Waals surface area contributed by atoms with Gasteiger partial charge in [0.15, 0.2) is 0 Å². The molecular formula is C48H26BNO3S. The molecule has 2 aliphatic rings. The zero-order chi connectivity index (χ0) is 57.7. The van der Waals surface area contributed by atoms with Crippen LogP contribution in [0, 0.1) is 0 Å². The first-order valence-corrected chi connectivity index (χ1v) is 17.0. The monoisotopic (exact) mass is 733 g/mol. The van der Waals surface area contributed by atoms with Crippen molar-refractivity contribution in [1.29, 1.82) is 0 Å². The Morgan fingerprint density at radius 3 is 2.11 bits per heavy atom. The zero-order valence-electron chi connectivity index (χ0n) is 52.7. The molecular weight excluding hydrogens is 681 g/mol. The van der Waals surface area contributed by atoms with Gasteiger partial charge >= 0.3 is 0 Å². The third kappa shape index (κ3) is 3.80. The fourth-order valence-electron chi connectivity index (χ4n) is 7.29. The van der Waals surface area contributed by atoms with Crippen molar-refractivity contribution in [3.8, 4) is 39.4 Å². The first-order chi connectivity index (χ1) is 37.6. The quantitative estimate of drug-likeness (QED) is 0.166. The molecule has 0 saturated carbocycles. The van der Waals surface area contributed by atoms with Gasteiger partial charge in [-0.2, -0.15) is 11.6 Å². The van der Waals surface area contributed by atoms with Gasteiger partial charge in [-0.25, -0.2) is 0 Å². The molecule has 4 nitrogen and oxygen atoms in total. The van der Waals surface area contributed by atoms with E-state index in [1.54, 1.807) is 0 Å². The van der Waals surface area contributed by atoms with E-state index in [0.717, 1.165) is 4.57 Å². The zero-order valence-corrected chi connectivity index (χ0v) is 27.5. The smallest absolute Gasteiger partial charge is 0.289 e. The molecule has 0 atom stereocenters. The summed E-state index contributed by atoms with van der Waals surface area (Å²) >= 11 is 0.689. The Morgan fingerprint density at radius 1 is 0.519 bits per heavy atom. The van der Waals surface area contributed by atoms with Gasteiger partial charge in [0.25, 0.3) is 5.99 Å². The van der Waals surface area contributed by atoms with Crippen LogP contribution in [-0.4, -0.2) is 10.6 Å². The molecule has 13 rings (SSSR count). The summed E-state index contributed by atoms with van der Waals surface area (Å²) in [5.41, 5.74) is -5.86. The van der Waals surface area contributed by atoms with Crippen LogP contribution in [0.2, 0.25) is 0 Å². The van der Waals surface area contributed by atoms with E-state index in [9.17, 15) is 13.7 Å². The summed E-state index contributed by atoms with van der Waals surface area (Å²) in [6.07, 6.45) is 0. The number of rotatable bonds is 2. The van der Waals surface area contributed by atoms with Crippen LogP contribution in [0.25, 0.3) is 93.6 Å². The standard InChI is InChI=1S/C48H26BNO3S/c1-5-16-38-30(10-1)31-11-2-6-17-39(31)50(38)28-20-22-41-37(26-28)49-46-36(32-12-4-8-19-44(32)54-49)24-27(25-43(46)52-41)29-14-9-15-33-34-21-23-42-45(48(34)53-47(29)33)35-13-3-7-18-40(35)51-42/h1-26H/i1D,2D,3D,4D,5D,6D,7D,8D,9D,10D,11D,12D,13D,14D,15D,16D,17D,18D,19D,20D,21D,22D,23D,24D,25D,26D. The minimum atomic E-state index is -1.52. The average Bonchev–Trinajstić information content (AvgIpc) is 4.30. The van der Waals surface area contributed by atoms with Crippen molar-refractivity contribution in [1.82, 2.24) is 4.57 Å². The summed E-state index contributed by atoms with van der Waals surface area (Å²) in [7, 11) is 0. The average molecular weight is 734 g/mol. The first kappa shape index (κ1) is 14.0. The van der Waals surface area contributed by atoms with Crippen molar-refractivity contribution < 1.29 is 49.2 Å². The van der Waals surface area contributed by atoms with E-state index >= 15 is 0 Å². The molecule has 0 saturated heterocycles. The summed E-state index contributed by atoms with van der Waals surface area (Å²) < 4.78 is 255. The molecule has 6 heteroatoms. The van der Waals surface area contributed by atoms with Crippen molar-refractivity contribution in [2.45, 2.75) is 4.90 Å². The predicted octanol–water partition coefficient (Wildman–Crippen LogP) is 12.2. The van der Waals surface area contributed by atoms with E-state index in [-0.39, 0.29) is 43.1 Å². The van der Waals surface area contributed by atoms with Crippen molar-refractivity contribution in [2.75, 3.05) is 0 Å². The van der Waals surface area contributed by atoms with Crippen LogP contribution in [0.4, 0.5) is 0 Å². The SMILES string of the molecule is [2H]c1c([2H])c([2H])c2c(c1[2H])SB1c3c([2H])c(-n4c5c([2H])c([2H])c([2H])c([2H])c5c5c([2H])c([2H])c([2H])c([2H])c54)c([2H])c([2H])c3Oc3c([2H])c(-c4c([2H])c([2H])c([2H])c5c4oc4c5c([2H])c([2H])c5oc6c([2H])c([2H])c([2H])c([2H])c6c54)c([2H])c-2c31. The number of aromatic nitrogens is 1. The highest BCUT2D eigenvalue weighted by Crippen LogP contribution is 2.47. The van der Waals surface area contributed by atoms with Gasteiger partial charge in [0.1, 0.15) is 33.8 Å². The van der Waals surface area contributed by atoms with E-state index in [1.807, 2.05) is 0 Å². The lowest BCUT2D eigenvalue weighted by Gasteiger charge is -2.33. The largest absolute Gasteiger partial charge is 0.458 e. The topological polar surface area (TPSA) is 40.4 Å². The Labute approximate surface area is 349 Å². The molecule has 0 aliphatic carbocycles. The van der Waals surface area contributed by atoms with Gasteiger partial charge in [-0.15, -0.1) is 0 Å². The fraction of sp³-hybridized carbons (Fsp3) is 0. The molecule has 8 aromatic carbocycles. The Balaban J connectivity index is 1.17. The van der Waals surface area contributed by atoms with Gasteiger partial charge in [0, 0.05) is 43.1 Å². The number of benzene rings is 8. The van der Waals surface area contributed by atoms with Crippen LogP contribution in [0.3, 0.4) is 0 Å². The second kappa shape index (κ2) is 10.5. The van der Waals surface area contributed by atoms with E-state index in [4.69, 9.17) is 35.5 Å². The third-order valence-corrected chi connectivity index (χ3v) is 10.8. The summed E-state index contributed by atoms with van der Waals surface area (Å²) in [4.78, 5) is -0.240. The van der Waals surface area contributed by atoms with Gasteiger partial charge in [-0.3, -0.25) is 0 Å². The number of nitrogens with zero attached hydrogens (tertiary/aromatic N) is 1. The highest BCUT2D eigenvalue weighted by Gasteiger charge is 2.39. The number of fused-ring (bicyclic) bond motifs is 14. The molecule has 0 N–H and O–H groups in total. The Morgan fingerprint density at radius 2 is 1.24 bits per heavy atom. The predicted molar refractivity (Wildman–Crippen MR) is 224 cm³/mol. The lowest BCUT2D eigenvalue weighted by molar-refractivity contribution is 0.488. The Bertz CT molecular complexity index is 4860. The van der Waals surface area contributed by atoms with Gasteiger partial charge in [0.05, 0.1) is 52.1 Å². The Kier molecular flexibility index (Phi) is 2.72. The third-order valence-electron chi connectivity index (χ3n) is 9.54. The van der Waals surface area contributed by atoms with E-state index < -0.39 is 241 Å². The number of hydrogen-bond donors (Lipinski definition) is 0.